The van der Waals surface area contributed by atoms with Crippen molar-refractivity contribution in [2.45, 2.75) is 31.5 Å². The highest BCUT2D eigenvalue weighted by Crippen LogP contribution is 2.30. The maximum Gasteiger partial charge on any atom is 0.345 e. The van der Waals surface area contributed by atoms with Crippen LogP contribution >= 0.6 is 11.3 Å². The Labute approximate surface area is 132 Å². The number of thiazole rings is 1. The third-order valence-corrected chi connectivity index (χ3v) is 5.29. The second kappa shape index (κ2) is 5.93. The van der Waals surface area contributed by atoms with Crippen LogP contribution in [0.5, 0.6) is 0 Å². The van der Waals surface area contributed by atoms with E-state index in [9.17, 15) is 9.18 Å². The highest BCUT2D eigenvalue weighted by Gasteiger charge is 2.47. The number of nitrogens with zero attached hydrogens (tertiary/aromatic N) is 2. The maximum atomic E-state index is 14.5. The minimum Gasteiger partial charge on any atom is -0.467 e. The molecule has 0 aliphatic carbocycles. The highest BCUT2D eigenvalue weighted by molar-refractivity contribution is 7.18. The van der Waals surface area contributed by atoms with Crippen LogP contribution in [0.1, 0.15) is 18.4 Å². The quantitative estimate of drug-likeness (QED) is 0.812. The number of hydrogen-bond donors (Lipinski definition) is 0. The molecule has 0 unspecified atom stereocenters. The Kier molecular flexibility index (Phi) is 4.14. The van der Waals surface area contributed by atoms with E-state index in [1.807, 2.05) is 23.1 Å². The second-order valence-corrected chi connectivity index (χ2v) is 6.92. The molecule has 0 amide bonds. The Hall–Kier alpha value is -1.53. The van der Waals surface area contributed by atoms with Gasteiger partial charge in [-0.2, -0.15) is 0 Å². The third-order valence-electron chi connectivity index (χ3n) is 4.23. The van der Waals surface area contributed by atoms with Crippen LogP contribution in [0, 0.1) is 0 Å². The summed E-state index contributed by atoms with van der Waals surface area (Å²) in [6, 6.07) is 8.18. The van der Waals surface area contributed by atoms with Crippen molar-refractivity contribution in [1.29, 1.82) is 0 Å². The van der Waals surface area contributed by atoms with Gasteiger partial charge in [0.25, 0.3) is 0 Å². The topological polar surface area (TPSA) is 42.4 Å². The number of rotatable bonds is 4. The Balaban J connectivity index is 1.67. The monoisotopic (exact) mass is 322 g/mol. The summed E-state index contributed by atoms with van der Waals surface area (Å²) >= 11 is 1.67. The molecule has 0 N–H and O–H groups in total. The van der Waals surface area contributed by atoms with Crippen LogP contribution in [0.2, 0.25) is 0 Å². The van der Waals surface area contributed by atoms with Crippen molar-refractivity contribution in [3.8, 4) is 0 Å². The van der Waals surface area contributed by atoms with Crippen LogP contribution < -0.4 is 0 Å². The molecule has 4 nitrogen and oxygen atoms in total. The van der Waals surface area contributed by atoms with Crippen LogP contribution in [-0.2, 0) is 16.0 Å². The number of benzene rings is 1. The third kappa shape index (κ3) is 2.85. The van der Waals surface area contributed by atoms with Gasteiger partial charge in [-0.25, -0.2) is 14.2 Å². The van der Waals surface area contributed by atoms with Crippen molar-refractivity contribution < 1.29 is 13.9 Å². The molecule has 118 valence electrons. The number of hydrogen-bond acceptors (Lipinski definition) is 5. The molecule has 6 heteroatoms. The molecule has 22 heavy (non-hydrogen) atoms. The fourth-order valence-electron chi connectivity index (χ4n) is 2.92. The van der Waals surface area contributed by atoms with Crippen molar-refractivity contribution in [2.24, 2.45) is 0 Å². The van der Waals surface area contributed by atoms with Gasteiger partial charge in [-0.1, -0.05) is 12.1 Å². The SMILES string of the molecule is COC(=O)[C@]1(F)CCN([C@@H](C)Cc2nc3ccccc3s2)C1. The van der Waals surface area contributed by atoms with Crippen LogP contribution in [0.15, 0.2) is 24.3 Å². The standard InChI is InChI=1S/C16H19FN2O2S/c1-11(19-8-7-16(17,10-19)15(20)21-2)9-14-18-12-5-3-4-6-13(12)22-14/h3-6,11H,7-10H2,1-2H3/t11-,16-/m0/s1. The summed E-state index contributed by atoms with van der Waals surface area (Å²) in [5.41, 5.74) is -0.859. The largest absolute Gasteiger partial charge is 0.467 e. The first-order chi connectivity index (χ1) is 10.5. The predicted octanol–water partition coefficient (Wildman–Crippen LogP) is 2.81. The average molecular weight is 322 g/mol. The van der Waals surface area contributed by atoms with Gasteiger partial charge in [0.1, 0.15) is 0 Å². The molecule has 1 aliphatic heterocycles. The van der Waals surface area contributed by atoms with Crippen LogP contribution in [0.25, 0.3) is 10.2 Å². The smallest absolute Gasteiger partial charge is 0.345 e. The van der Waals surface area contributed by atoms with Gasteiger partial charge in [0.2, 0.25) is 5.67 Å². The number of alkyl halides is 1. The number of methoxy groups -OCH3 is 1. The molecular weight excluding hydrogens is 303 g/mol. The molecule has 2 aromatic rings. The molecule has 1 aliphatic rings. The van der Waals surface area contributed by atoms with E-state index < -0.39 is 11.6 Å². The predicted molar refractivity (Wildman–Crippen MR) is 84.8 cm³/mol. The number of fused-ring (bicyclic) bond motifs is 1. The van der Waals surface area contributed by atoms with E-state index in [1.54, 1.807) is 11.3 Å². The van der Waals surface area contributed by atoms with E-state index >= 15 is 0 Å². The molecule has 3 rings (SSSR count). The molecule has 0 spiro atoms. The van der Waals surface area contributed by atoms with Crippen molar-refractivity contribution in [1.82, 2.24) is 9.88 Å². The first-order valence-electron chi connectivity index (χ1n) is 7.38. The van der Waals surface area contributed by atoms with Crippen LogP contribution in [0.4, 0.5) is 4.39 Å². The number of carbonyl (C=O) groups excluding carboxylic acids is 1. The summed E-state index contributed by atoms with van der Waals surface area (Å²) in [7, 11) is 1.23. The lowest BCUT2D eigenvalue weighted by atomic mass is 10.1. The number of aromatic nitrogens is 1. The minimum atomic E-state index is -1.86. The van der Waals surface area contributed by atoms with Crippen molar-refractivity contribution in [3.63, 3.8) is 0 Å². The van der Waals surface area contributed by atoms with Crippen molar-refractivity contribution in [2.75, 3.05) is 20.2 Å². The van der Waals surface area contributed by atoms with E-state index in [-0.39, 0.29) is 19.0 Å². The molecule has 1 aromatic carbocycles. The van der Waals surface area contributed by atoms with Crippen molar-refractivity contribution >= 4 is 27.5 Å². The number of esters is 1. The molecule has 1 saturated heterocycles. The Bertz CT molecular complexity index is 657. The summed E-state index contributed by atoms with van der Waals surface area (Å²) < 4.78 is 20.2. The first-order valence-corrected chi connectivity index (χ1v) is 8.19. The van der Waals surface area contributed by atoms with Crippen LogP contribution in [-0.4, -0.2) is 47.8 Å². The maximum absolute atomic E-state index is 14.5. The molecular formula is C16H19FN2O2S. The molecule has 2 heterocycles. The van der Waals surface area contributed by atoms with E-state index in [1.165, 1.54) is 11.8 Å². The minimum absolute atomic E-state index is 0.103. The molecule has 1 aromatic heterocycles. The Morgan fingerprint density at radius 1 is 1.55 bits per heavy atom. The van der Waals surface area contributed by atoms with E-state index in [0.717, 1.165) is 16.9 Å². The molecule has 1 fully saturated rings. The number of likely N-dealkylation sites (tertiary alicyclic amines) is 1. The van der Waals surface area contributed by atoms with Gasteiger partial charge in [-0.15, -0.1) is 11.3 Å². The van der Waals surface area contributed by atoms with E-state index in [2.05, 4.69) is 22.7 Å². The zero-order valence-electron chi connectivity index (χ0n) is 12.7. The molecule has 0 saturated carbocycles. The second-order valence-electron chi connectivity index (χ2n) is 5.81. The first kappa shape index (κ1) is 15.4. The normalized spacial score (nSPS) is 23.8. The van der Waals surface area contributed by atoms with E-state index in [4.69, 9.17) is 0 Å². The van der Waals surface area contributed by atoms with E-state index in [0.29, 0.717) is 6.54 Å². The number of carbonyl (C=O) groups is 1. The lowest BCUT2D eigenvalue weighted by Gasteiger charge is -2.24. The fourth-order valence-corrected chi connectivity index (χ4v) is 4.00. The highest BCUT2D eigenvalue weighted by atomic mass is 32.1. The molecule has 2 atom stereocenters. The zero-order chi connectivity index (χ0) is 15.7. The summed E-state index contributed by atoms with van der Waals surface area (Å²) in [5, 5.41) is 1.04. The number of halogens is 1. The van der Waals surface area contributed by atoms with Gasteiger partial charge in [0.15, 0.2) is 0 Å². The average Bonchev–Trinajstić information content (AvgIpc) is 3.10. The van der Waals surface area contributed by atoms with Gasteiger partial charge in [0, 0.05) is 32.0 Å². The number of ether oxygens (including phenoxy) is 1. The summed E-state index contributed by atoms with van der Waals surface area (Å²) in [5.74, 6) is -0.762. The van der Waals surface area contributed by atoms with Gasteiger partial charge < -0.3 is 4.74 Å². The lowest BCUT2D eigenvalue weighted by molar-refractivity contribution is -0.153. The van der Waals surface area contributed by atoms with Gasteiger partial charge >= 0.3 is 5.97 Å². The van der Waals surface area contributed by atoms with Gasteiger partial charge in [-0.3, -0.25) is 4.90 Å². The summed E-state index contributed by atoms with van der Waals surface area (Å²) in [4.78, 5) is 18.2. The van der Waals surface area contributed by atoms with Crippen LogP contribution in [0.3, 0.4) is 0 Å². The summed E-state index contributed by atoms with van der Waals surface area (Å²) in [6.45, 7) is 2.72. The van der Waals surface area contributed by atoms with Gasteiger partial charge in [-0.05, 0) is 19.1 Å². The van der Waals surface area contributed by atoms with Crippen molar-refractivity contribution in [3.05, 3.63) is 29.3 Å². The van der Waals surface area contributed by atoms with Gasteiger partial charge in [0.05, 0.1) is 22.3 Å². The molecule has 0 bridgehead atoms. The summed E-state index contributed by atoms with van der Waals surface area (Å²) in [6.07, 6.45) is 0.959. The fraction of sp³-hybridized carbons (Fsp3) is 0.500. The lowest BCUT2D eigenvalue weighted by Crippen LogP contribution is -2.41. The Morgan fingerprint density at radius 2 is 2.32 bits per heavy atom. The zero-order valence-corrected chi connectivity index (χ0v) is 13.5. The Morgan fingerprint density at radius 3 is 3.05 bits per heavy atom. The molecule has 0 radical (unpaired) electrons. The number of para-hydroxylation sites is 1.